The van der Waals surface area contributed by atoms with E-state index in [0.717, 1.165) is 30.7 Å². The van der Waals surface area contributed by atoms with Gasteiger partial charge in [0, 0.05) is 17.8 Å². The van der Waals surface area contributed by atoms with E-state index < -0.39 is 5.60 Å². The molecule has 0 radical (unpaired) electrons. The Morgan fingerprint density at radius 2 is 2.00 bits per heavy atom. The first kappa shape index (κ1) is 20.5. The second-order valence-corrected chi connectivity index (χ2v) is 8.59. The molecule has 0 saturated carbocycles. The van der Waals surface area contributed by atoms with Crippen LogP contribution in [-0.2, 0) is 37.8 Å². The Morgan fingerprint density at radius 3 is 2.70 bits per heavy atom. The van der Waals surface area contributed by atoms with Gasteiger partial charge < -0.3 is 14.1 Å². The Labute approximate surface area is 181 Å². The number of fused-ring (bicyclic) bond motifs is 1. The van der Waals surface area contributed by atoms with Crippen molar-refractivity contribution in [2.75, 3.05) is 0 Å². The molecule has 30 heavy (non-hydrogen) atoms. The number of carbonyl (C=O) groups excluding carboxylic acids is 1. The topological polar surface area (TPSA) is 60.5 Å². The van der Waals surface area contributed by atoms with Crippen LogP contribution in [0, 0.1) is 0 Å². The molecule has 158 valence electrons. The number of furan rings is 1. The van der Waals surface area contributed by atoms with Gasteiger partial charge in [0.1, 0.15) is 11.5 Å². The van der Waals surface area contributed by atoms with Crippen molar-refractivity contribution in [2.45, 2.75) is 51.8 Å². The summed E-state index contributed by atoms with van der Waals surface area (Å²) in [5.41, 5.74) is 2.42. The van der Waals surface area contributed by atoms with Crippen molar-refractivity contribution in [2.24, 2.45) is 7.05 Å². The lowest BCUT2D eigenvalue weighted by Crippen LogP contribution is -2.48. The Balaban J connectivity index is 1.59. The van der Waals surface area contributed by atoms with E-state index >= 15 is 0 Å². The summed E-state index contributed by atoms with van der Waals surface area (Å²) in [5, 5.41) is 5.32. The Hall–Kier alpha value is -2.73. The molecular formula is C23H26ClN3O3. The monoisotopic (exact) mass is 427 g/mol. The number of ether oxygens (including phenoxy) is 1. The molecule has 4 rings (SSSR count). The van der Waals surface area contributed by atoms with Crippen LogP contribution in [0.1, 0.15) is 43.0 Å². The number of rotatable bonds is 7. The third-order valence-electron chi connectivity index (χ3n) is 5.45. The standard InChI is InChI=1S/C23H26ClN3O3/c1-23(2,30-17-11-9-16(24)10-12-17)22(28)27(14-18-6-5-13-29-18)15-20-19-7-4-8-21(19)26(3)25-20/h5-6,9-13H,4,7-8,14-15H2,1-3H3. The Bertz CT molecular complexity index is 1020. The summed E-state index contributed by atoms with van der Waals surface area (Å²) in [4.78, 5) is 15.3. The average molecular weight is 428 g/mol. The summed E-state index contributed by atoms with van der Waals surface area (Å²) in [7, 11) is 1.97. The summed E-state index contributed by atoms with van der Waals surface area (Å²) >= 11 is 5.96. The van der Waals surface area contributed by atoms with Crippen molar-refractivity contribution in [3.63, 3.8) is 0 Å². The number of carbonyl (C=O) groups is 1. The van der Waals surface area contributed by atoms with Gasteiger partial charge in [-0.15, -0.1) is 0 Å². The Morgan fingerprint density at radius 1 is 1.23 bits per heavy atom. The van der Waals surface area contributed by atoms with Gasteiger partial charge in [-0.1, -0.05) is 11.6 Å². The molecule has 0 fully saturated rings. The van der Waals surface area contributed by atoms with Crippen LogP contribution in [-0.4, -0.2) is 26.2 Å². The van der Waals surface area contributed by atoms with E-state index in [0.29, 0.717) is 23.9 Å². The van der Waals surface area contributed by atoms with E-state index in [1.807, 2.05) is 23.9 Å². The molecule has 6 nitrogen and oxygen atoms in total. The second-order valence-electron chi connectivity index (χ2n) is 8.16. The van der Waals surface area contributed by atoms with E-state index in [4.69, 9.17) is 25.9 Å². The van der Waals surface area contributed by atoms with Crippen molar-refractivity contribution >= 4 is 17.5 Å². The smallest absolute Gasteiger partial charge is 0.266 e. The molecule has 7 heteroatoms. The van der Waals surface area contributed by atoms with E-state index in [1.165, 1.54) is 11.3 Å². The van der Waals surface area contributed by atoms with E-state index in [1.54, 1.807) is 49.3 Å². The molecule has 1 amide bonds. The highest BCUT2D eigenvalue weighted by Crippen LogP contribution is 2.28. The van der Waals surface area contributed by atoms with Crippen LogP contribution in [0.4, 0.5) is 0 Å². The molecule has 0 bridgehead atoms. The molecule has 2 heterocycles. The summed E-state index contributed by atoms with van der Waals surface area (Å²) < 4.78 is 13.5. The number of aryl methyl sites for hydroxylation is 1. The summed E-state index contributed by atoms with van der Waals surface area (Å²) in [6.07, 6.45) is 4.79. The zero-order chi connectivity index (χ0) is 21.3. The highest BCUT2D eigenvalue weighted by atomic mass is 35.5. The molecule has 0 aliphatic heterocycles. The molecule has 3 aromatic rings. The number of halogens is 1. The minimum atomic E-state index is -1.07. The largest absolute Gasteiger partial charge is 0.478 e. The van der Waals surface area contributed by atoms with Crippen molar-refractivity contribution in [1.29, 1.82) is 0 Å². The molecule has 0 N–H and O–H groups in total. The van der Waals surface area contributed by atoms with Gasteiger partial charge in [0.15, 0.2) is 5.60 Å². The van der Waals surface area contributed by atoms with Gasteiger partial charge in [-0.25, -0.2) is 0 Å². The fourth-order valence-electron chi connectivity index (χ4n) is 4.02. The molecule has 0 atom stereocenters. The summed E-state index contributed by atoms with van der Waals surface area (Å²) in [5.74, 6) is 1.18. The van der Waals surface area contributed by atoms with Crippen LogP contribution in [0.2, 0.25) is 5.02 Å². The van der Waals surface area contributed by atoms with Gasteiger partial charge in [-0.3, -0.25) is 9.48 Å². The van der Waals surface area contributed by atoms with Crippen LogP contribution >= 0.6 is 11.6 Å². The van der Waals surface area contributed by atoms with Crippen LogP contribution in [0.15, 0.2) is 47.1 Å². The zero-order valence-corrected chi connectivity index (χ0v) is 18.3. The molecule has 0 spiro atoms. The molecular weight excluding hydrogens is 402 g/mol. The van der Waals surface area contributed by atoms with Crippen LogP contribution in [0.3, 0.4) is 0 Å². The maximum Gasteiger partial charge on any atom is 0.266 e. The lowest BCUT2D eigenvalue weighted by Gasteiger charge is -2.32. The van der Waals surface area contributed by atoms with Gasteiger partial charge in [0.05, 0.1) is 25.0 Å². The van der Waals surface area contributed by atoms with Gasteiger partial charge in [-0.2, -0.15) is 5.10 Å². The number of nitrogens with zero attached hydrogens (tertiary/aromatic N) is 3. The second kappa shape index (κ2) is 8.19. The van der Waals surface area contributed by atoms with E-state index in [9.17, 15) is 4.79 Å². The normalized spacial score (nSPS) is 13.3. The van der Waals surface area contributed by atoms with Crippen LogP contribution < -0.4 is 4.74 Å². The lowest BCUT2D eigenvalue weighted by atomic mass is 10.1. The number of hydrogen-bond acceptors (Lipinski definition) is 4. The van der Waals surface area contributed by atoms with Gasteiger partial charge in [-0.05, 0) is 75.1 Å². The van der Waals surface area contributed by atoms with Gasteiger partial charge in [0.2, 0.25) is 0 Å². The molecule has 1 aliphatic rings. The van der Waals surface area contributed by atoms with Crippen molar-refractivity contribution in [3.05, 3.63) is 70.4 Å². The molecule has 0 unspecified atom stereocenters. The van der Waals surface area contributed by atoms with Gasteiger partial charge in [0.25, 0.3) is 5.91 Å². The van der Waals surface area contributed by atoms with Gasteiger partial charge >= 0.3 is 0 Å². The number of hydrogen-bond donors (Lipinski definition) is 0. The lowest BCUT2D eigenvalue weighted by molar-refractivity contribution is -0.147. The van der Waals surface area contributed by atoms with Crippen molar-refractivity contribution in [1.82, 2.24) is 14.7 Å². The summed E-state index contributed by atoms with van der Waals surface area (Å²) in [6.45, 7) is 4.32. The zero-order valence-electron chi connectivity index (χ0n) is 17.5. The average Bonchev–Trinajstić information content (AvgIpc) is 3.43. The SMILES string of the molecule is Cn1nc(CN(Cc2ccco2)C(=O)C(C)(C)Oc2ccc(Cl)cc2)c2c1CCC2. The maximum absolute atomic E-state index is 13.6. The molecule has 0 saturated heterocycles. The molecule has 1 aromatic carbocycles. The first-order valence-corrected chi connectivity index (χ1v) is 10.5. The predicted octanol–water partition coefficient (Wildman–Crippen LogP) is 4.54. The molecule has 2 aromatic heterocycles. The third kappa shape index (κ3) is 4.24. The third-order valence-corrected chi connectivity index (χ3v) is 5.71. The maximum atomic E-state index is 13.6. The first-order chi connectivity index (χ1) is 14.3. The van der Waals surface area contributed by atoms with Crippen molar-refractivity contribution < 1.29 is 13.9 Å². The first-order valence-electron chi connectivity index (χ1n) is 10.1. The Kier molecular flexibility index (Phi) is 5.60. The number of aromatic nitrogens is 2. The fraction of sp³-hybridized carbons (Fsp3) is 0.391. The number of benzene rings is 1. The minimum Gasteiger partial charge on any atom is -0.478 e. The van der Waals surface area contributed by atoms with E-state index in [2.05, 4.69) is 0 Å². The highest BCUT2D eigenvalue weighted by Gasteiger charge is 2.36. The van der Waals surface area contributed by atoms with Crippen LogP contribution in [0.5, 0.6) is 5.75 Å². The van der Waals surface area contributed by atoms with E-state index in [-0.39, 0.29) is 5.91 Å². The van der Waals surface area contributed by atoms with Crippen molar-refractivity contribution in [3.8, 4) is 5.75 Å². The molecule has 1 aliphatic carbocycles. The highest BCUT2D eigenvalue weighted by molar-refractivity contribution is 6.30. The number of amides is 1. The minimum absolute atomic E-state index is 0.133. The summed E-state index contributed by atoms with van der Waals surface area (Å²) in [6, 6.07) is 10.7. The fourth-order valence-corrected chi connectivity index (χ4v) is 4.14. The predicted molar refractivity (Wildman–Crippen MR) is 114 cm³/mol. The van der Waals surface area contributed by atoms with Crippen LogP contribution in [0.25, 0.3) is 0 Å². The quantitative estimate of drug-likeness (QED) is 0.555.